The van der Waals surface area contributed by atoms with Crippen molar-refractivity contribution in [3.63, 3.8) is 0 Å². The van der Waals surface area contributed by atoms with Crippen molar-refractivity contribution in [3.8, 4) is 11.5 Å². The fourth-order valence-corrected chi connectivity index (χ4v) is 4.17. The van der Waals surface area contributed by atoms with Gasteiger partial charge < -0.3 is 9.84 Å². The molecule has 4 aromatic rings. The fraction of sp³-hybridized carbons (Fsp3) is 0.231. The Morgan fingerprint density at radius 1 is 0.607 bits per heavy atom. The molecule has 1 N–H and O–H groups in total. The summed E-state index contributed by atoms with van der Waals surface area (Å²) in [5.74, 6) is 0.772. The van der Waals surface area contributed by atoms with Gasteiger partial charge in [-0.05, 0) is 78.8 Å². The first-order chi connectivity index (χ1) is 13.4. The first-order valence-corrected chi connectivity index (χ1v) is 9.72. The molecular formula is C26H26O2. The summed E-state index contributed by atoms with van der Waals surface area (Å²) in [6.07, 6.45) is 0. The zero-order chi connectivity index (χ0) is 20.0. The maximum atomic E-state index is 11.0. The van der Waals surface area contributed by atoms with Gasteiger partial charge in [0.05, 0.1) is 0 Å². The third-order valence-corrected chi connectivity index (χ3v) is 6.38. The number of fused-ring (bicyclic) bond motifs is 3. The summed E-state index contributed by atoms with van der Waals surface area (Å²) < 4.78 is 6.31. The Kier molecular flexibility index (Phi) is 4.50. The summed E-state index contributed by atoms with van der Waals surface area (Å²) in [5, 5.41) is 14.9. The summed E-state index contributed by atoms with van der Waals surface area (Å²) in [4.78, 5) is 0. The molecule has 0 saturated heterocycles. The van der Waals surface area contributed by atoms with E-state index in [4.69, 9.17) is 4.74 Å². The van der Waals surface area contributed by atoms with E-state index in [2.05, 4.69) is 40.7 Å². The highest BCUT2D eigenvalue weighted by Gasteiger charge is 2.17. The molecule has 0 saturated carbocycles. The molecule has 142 valence electrons. The number of phenolic OH excluding ortho intramolecular Hbond substituents is 1. The van der Waals surface area contributed by atoms with Gasteiger partial charge in [0.2, 0.25) is 0 Å². The van der Waals surface area contributed by atoms with Crippen LogP contribution >= 0.6 is 0 Å². The van der Waals surface area contributed by atoms with E-state index in [0.29, 0.717) is 12.4 Å². The van der Waals surface area contributed by atoms with Crippen LogP contribution in [0.2, 0.25) is 0 Å². The molecule has 0 heterocycles. The van der Waals surface area contributed by atoms with Gasteiger partial charge in [-0.3, -0.25) is 0 Å². The molecule has 0 aliphatic carbocycles. The molecule has 0 amide bonds. The second-order valence-electron chi connectivity index (χ2n) is 7.66. The zero-order valence-corrected chi connectivity index (χ0v) is 17.2. The van der Waals surface area contributed by atoms with Crippen molar-refractivity contribution in [3.05, 3.63) is 81.9 Å². The van der Waals surface area contributed by atoms with Crippen molar-refractivity contribution in [1.82, 2.24) is 0 Å². The van der Waals surface area contributed by atoms with Gasteiger partial charge in [0, 0.05) is 10.8 Å². The number of phenols is 1. The summed E-state index contributed by atoms with van der Waals surface area (Å²) >= 11 is 0. The summed E-state index contributed by atoms with van der Waals surface area (Å²) in [7, 11) is 0. The van der Waals surface area contributed by atoms with Gasteiger partial charge >= 0.3 is 0 Å². The van der Waals surface area contributed by atoms with E-state index in [-0.39, 0.29) is 5.75 Å². The van der Waals surface area contributed by atoms with Gasteiger partial charge in [-0.2, -0.15) is 0 Å². The van der Waals surface area contributed by atoms with E-state index in [0.717, 1.165) is 21.5 Å². The Morgan fingerprint density at radius 3 is 1.61 bits per heavy atom. The lowest BCUT2D eigenvalue weighted by molar-refractivity contribution is 0.292. The zero-order valence-electron chi connectivity index (χ0n) is 17.2. The summed E-state index contributed by atoms with van der Waals surface area (Å²) in [6, 6.07) is 16.0. The first kappa shape index (κ1) is 18.4. The lowest BCUT2D eigenvalue weighted by atomic mass is 9.90. The predicted molar refractivity (Wildman–Crippen MR) is 118 cm³/mol. The molecule has 0 fully saturated rings. The number of rotatable bonds is 3. The Labute approximate surface area is 166 Å². The number of hydrogen-bond acceptors (Lipinski definition) is 2. The van der Waals surface area contributed by atoms with Crippen LogP contribution in [0.15, 0.2) is 48.5 Å². The third kappa shape index (κ3) is 2.72. The second-order valence-corrected chi connectivity index (χ2v) is 7.66. The topological polar surface area (TPSA) is 29.5 Å². The van der Waals surface area contributed by atoms with Crippen molar-refractivity contribution in [1.29, 1.82) is 0 Å². The van der Waals surface area contributed by atoms with E-state index in [1.807, 2.05) is 42.5 Å². The molecule has 0 spiro atoms. The molecule has 0 atom stereocenters. The summed E-state index contributed by atoms with van der Waals surface area (Å²) in [5.41, 5.74) is 7.72. The van der Waals surface area contributed by atoms with Gasteiger partial charge in [0.15, 0.2) is 11.5 Å². The van der Waals surface area contributed by atoms with Gasteiger partial charge in [-0.1, -0.05) is 48.5 Å². The van der Waals surface area contributed by atoms with Crippen LogP contribution in [0, 0.1) is 34.6 Å². The van der Waals surface area contributed by atoms with Crippen LogP contribution in [0.1, 0.15) is 33.4 Å². The van der Waals surface area contributed by atoms with Crippen LogP contribution in [0.25, 0.3) is 21.5 Å². The van der Waals surface area contributed by atoms with Gasteiger partial charge in [-0.25, -0.2) is 0 Å². The molecule has 4 aromatic carbocycles. The molecule has 0 unspecified atom stereocenters. The Bertz CT molecular complexity index is 1190. The highest BCUT2D eigenvalue weighted by atomic mass is 16.5. The molecule has 28 heavy (non-hydrogen) atoms. The lowest BCUT2D eigenvalue weighted by Gasteiger charge is -2.20. The number of hydrogen-bond donors (Lipinski definition) is 1. The van der Waals surface area contributed by atoms with E-state index in [9.17, 15) is 5.11 Å². The molecule has 0 aromatic heterocycles. The molecule has 4 rings (SSSR count). The normalized spacial score (nSPS) is 11.3. The smallest absolute Gasteiger partial charge is 0.169 e. The monoisotopic (exact) mass is 370 g/mol. The highest BCUT2D eigenvalue weighted by molar-refractivity contribution is 6.13. The average molecular weight is 370 g/mol. The van der Waals surface area contributed by atoms with E-state index >= 15 is 0 Å². The first-order valence-electron chi connectivity index (χ1n) is 9.72. The van der Waals surface area contributed by atoms with Crippen LogP contribution in [0.5, 0.6) is 11.5 Å². The van der Waals surface area contributed by atoms with E-state index < -0.39 is 0 Å². The van der Waals surface area contributed by atoms with Crippen LogP contribution < -0.4 is 4.74 Å². The third-order valence-electron chi connectivity index (χ3n) is 6.38. The minimum atomic E-state index is 0.213. The van der Waals surface area contributed by atoms with Crippen LogP contribution in [-0.4, -0.2) is 5.11 Å². The summed E-state index contributed by atoms with van der Waals surface area (Å²) in [6.45, 7) is 11.3. The fourth-order valence-electron chi connectivity index (χ4n) is 4.17. The number of benzene rings is 4. The Hall–Kier alpha value is -3.00. The molecule has 0 aliphatic heterocycles. The minimum Gasteiger partial charge on any atom is -0.504 e. The van der Waals surface area contributed by atoms with E-state index in [1.165, 1.54) is 33.4 Å². The molecule has 2 heteroatoms. The predicted octanol–water partition coefficient (Wildman–Crippen LogP) is 6.82. The van der Waals surface area contributed by atoms with Crippen LogP contribution in [0.4, 0.5) is 0 Å². The number of ether oxygens (including phenoxy) is 1. The van der Waals surface area contributed by atoms with Gasteiger partial charge in [0.25, 0.3) is 0 Å². The molecular weight excluding hydrogens is 344 g/mol. The van der Waals surface area contributed by atoms with Crippen LogP contribution in [-0.2, 0) is 6.61 Å². The van der Waals surface area contributed by atoms with E-state index in [1.54, 1.807) is 0 Å². The Balaban J connectivity index is 1.87. The maximum absolute atomic E-state index is 11.0. The SMILES string of the molecule is Cc1c(C)c(C)c(COc2c(O)c3ccccc3c3ccccc23)c(C)c1C. The van der Waals surface area contributed by atoms with Crippen molar-refractivity contribution >= 4 is 21.5 Å². The maximum Gasteiger partial charge on any atom is 0.169 e. The molecule has 0 radical (unpaired) electrons. The minimum absolute atomic E-state index is 0.213. The molecule has 2 nitrogen and oxygen atoms in total. The lowest BCUT2D eigenvalue weighted by Crippen LogP contribution is -2.06. The van der Waals surface area contributed by atoms with Crippen molar-refractivity contribution in [2.45, 2.75) is 41.2 Å². The quantitative estimate of drug-likeness (QED) is 0.401. The molecule has 0 bridgehead atoms. The largest absolute Gasteiger partial charge is 0.504 e. The highest BCUT2D eigenvalue weighted by Crippen LogP contribution is 2.43. The van der Waals surface area contributed by atoms with Crippen molar-refractivity contribution < 1.29 is 9.84 Å². The standard InChI is InChI=1S/C26H26O2/c1-15-16(2)18(4)24(19(5)17(15)3)14-28-26-23-13-9-7-11-21(23)20-10-6-8-12-22(20)25(26)27/h6-13,27H,14H2,1-5H3. The van der Waals surface area contributed by atoms with Gasteiger partial charge in [0.1, 0.15) is 6.61 Å². The van der Waals surface area contributed by atoms with Crippen molar-refractivity contribution in [2.24, 2.45) is 0 Å². The van der Waals surface area contributed by atoms with Gasteiger partial charge in [-0.15, -0.1) is 0 Å². The Morgan fingerprint density at radius 2 is 1.04 bits per heavy atom. The number of aromatic hydroxyl groups is 1. The molecule has 0 aliphatic rings. The second kappa shape index (κ2) is 6.87. The van der Waals surface area contributed by atoms with Crippen LogP contribution in [0.3, 0.4) is 0 Å². The average Bonchev–Trinajstić information content (AvgIpc) is 2.73. The van der Waals surface area contributed by atoms with Crippen molar-refractivity contribution in [2.75, 3.05) is 0 Å².